The Balaban J connectivity index is 1.44. The van der Waals surface area contributed by atoms with Crippen LogP contribution in [0, 0.1) is 0 Å². The summed E-state index contributed by atoms with van der Waals surface area (Å²) in [6.45, 7) is 8.39. The molecule has 10 heteroatoms. The molecule has 1 amide bonds. The van der Waals surface area contributed by atoms with Crippen molar-refractivity contribution in [3.63, 3.8) is 0 Å². The van der Waals surface area contributed by atoms with Gasteiger partial charge in [-0.05, 0) is 43.7 Å². The molecule has 0 aliphatic carbocycles. The van der Waals surface area contributed by atoms with Crippen LogP contribution in [0.2, 0.25) is 0 Å². The van der Waals surface area contributed by atoms with Crippen molar-refractivity contribution in [3.8, 4) is 11.5 Å². The highest BCUT2D eigenvalue weighted by Gasteiger charge is 2.27. The molecule has 3 aromatic carbocycles. The molecule has 0 saturated heterocycles. The van der Waals surface area contributed by atoms with Gasteiger partial charge < -0.3 is 14.0 Å². The summed E-state index contributed by atoms with van der Waals surface area (Å²) in [4.78, 5) is 18.1. The molecule has 2 heterocycles. The second-order valence-electron chi connectivity index (χ2n) is 9.03. The lowest BCUT2D eigenvalue weighted by Crippen LogP contribution is -2.36. The predicted octanol–water partition coefficient (Wildman–Crippen LogP) is 4.96. The molecule has 0 spiro atoms. The van der Waals surface area contributed by atoms with Gasteiger partial charge >= 0.3 is 0 Å². The Morgan fingerprint density at radius 3 is 2.45 bits per heavy atom. The number of amides is 1. The summed E-state index contributed by atoms with van der Waals surface area (Å²) in [7, 11) is -3.78. The van der Waals surface area contributed by atoms with Gasteiger partial charge in [0, 0.05) is 36.8 Å². The van der Waals surface area contributed by atoms with Gasteiger partial charge in [-0.15, -0.1) is 6.58 Å². The van der Waals surface area contributed by atoms with E-state index in [0.717, 1.165) is 15.8 Å². The van der Waals surface area contributed by atoms with Crippen molar-refractivity contribution in [2.24, 2.45) is 4.99 Å². The van der Waals surface area contributed by atoms with Crippen LogP contribution in [-0.2, 0) is 23.1 Å². The van der Waals surface area contributed by atoms with Gasteiger partial charge in [-0.25, -0.2) is 8.42 Å². The summed E-state index contributed by atoms with van der Waals surface area (Å²) in [6.07, 6.45) is 1.73. The van der Waals surface area contributed by atoms with E-state index < -0.39 is 15.9 Å². The van der Waals surface area contributed by atoms with Crippen LogP contribution in [0.15, 0.2) is 89.3 Å². The van der Waals surface area contributed by atoms with E-state index in [0.29, 0.717) is 28.4 Å². The molecule has 0 radical (unpaired) electrons. The van der Waals surface area contributed by atoms with E-state index in [4.69, 9.17) is 9.47 Å². The van der Waals surface area contributed by atoms with E-state index in [1.807, 2.05) is 60.9 Å². The van der Waals surface area contributed by atoms with Crippen molar-refractivity contribution < 1.29 is 22.7 Å². The average Bonchev–Trinajstić information content (AvgIpc) is 3.50. The SMILES string of the molecule is C=CCn1c(=NC(=O)c2ccc(S(=O)(=O)N(Cc3ccccc3)C(C)C)cc2)sc2cc3c(cc21)OCO3. The van der Waals surface area contributed by atoms with E-state index in [9.17, 15) is 13.2 Å². The number of aromatic nitrogens is 1. The molecule has 0 atom stereocenters. The van der Waals surface area contributed by atoms with Crippen molar-refractivity contribution in [1.82, 2.24) is 8.87 Å². The van der Waals surface area contributed by atoms with Gasteiger partial charge in [0.05, 0.1) is 15.1 Å². The normalized spacial score (nSPS) is 13.5. The molecular formula is C28H27N3O5S2. The van der Waals surface area contributed by atoms with Gasteiger partial charge in [0.15, 0.2) is 16.3 Å². The molecule has 5 rings (SSSR count). The maximum atomic E-state index is 13.4. The minimum atomic E-state index is -3.78. The highest BCUT2D eigenvalue weighted by atomic mass is 32.2. The number of allylic oxidation sites excluding steroid dienone is 1. The fourth-order valence-electron chi connectivity index (χ4n) is 4.22. The first-order chi connectivity index (χ1) is 18.3. The zero-order valence-corrected chi connectivity index (χ0v) is 22.7. The summed E-state index contributed by atoms with van der Waals surface area (Å²) in [6, 6.07) is 18.9. The van der Waals surface area contributed by atoms with Crippen molar-refractivity contribution in [2.45, 2.75) is 37.9 Å². The van der Waals surface area contributed by atoms with E-state index in [-0.39, 0.29) is 24.3 Å². The molecular weight excluding hydrogens is 522 g/mol. The smallest absolute Gasteiger partial charge is 0.279 e. The summed E-state index contributed by atoms with van der Waals surface area (Å²) < 4.78 is 42.1. The minimum Gasteiger partial charge on any atom is -0.454 e. The minimum absolute atomic E-state index is 0.122. The van der Waals surface area contributed by atoms with Crippen molar-refractivity contribution in [3.05, 3.63) is 95.3 Å². The molecule has 196 valence electrons. The van der Waals surface area contributed by atoms with E-state index in [1.54, 1.807) is 6.08 Å². The zero-order valence-electron chi connectivity index (χ0n) is 21.0. The van der Waals surface area contributed by atoms with Crippen LogP contribution in [0.5, 0.6) is 11.5 Å². The molecule has 38 heavy (non-hydrogen) atoms. The van der Waals surface area contributed by atoms with Gasteiger partial charge in [0.1, 0.15) is 0 Å². The Labute approximate surface area is 225 Å². The highest BCUT2D eigenvalue weighted by Crippen LogP contribution is 2.37. The Hall–Kier alpha value is -3.73. The number of ether oxygens (including phenoxy) is 2. The van der Waals surface area contributed by atoms with Crippen LogP contribution in [0.25, 0.3) is 10.2 Å². The van der Waals surface area contributed by atoms with E-state index in [1.165, 1.54) is 39.9 Å². The first-order valence-corrected chi connectivity index (χ1v) is 14.3. The van der Waals surface area contributed by atoms with Gasteiger partial charge in [-0.3, -0.25) is 4.79 Å². The molecule has 0 bridgehead atoms. The van der Waals surface area contributed by atoms with Gasteiger partial charge in [0.25, 0.3) is 5.91 Å². The molecule has 1 aromatic heterocycles. The number of sulfonamides is 1. The number of carbonyl (C=O) groups excluding carboxylic acids is 1. The molecule has 1 aliphatic rings. The Kier molecular flexibility index (Phi) is 7.20. The van der Waals surface area contributed by atoms with Crippen LogP contribution < -0.4 is 14.3 Å². The number of thiazole rings is 1. The summed E-state index contributed by atoms with van der Waals surface area (Å²) in [5.41, 5.74) is 2.05. The number of hydrogen-bond donors (Lipinski definition) is 0. The lowest BCUT2D eigenvalue weighted by atomic mass is 10.2. The number of carbonyl (C=O) groups is 1. The first kappa shape index (κ1) is 25.9. The Morgan fingerprint density at radius 2 is 1.79 bits per heavy atom. The Bertz CT molecular complexity index is 1670. The standard InChI is InChI=1S/C28H27N3O5S2/c1-4-14-30-23-15-24-25(36-18-35-24)16-26(23)37-28(30)29-27(32)21-10-12-22(13-11-21)38(33,34)31(19(2)3)17-20-8-6-5-7-9-20/h4-13,15-16,19H,1,14,17-18H2,2-3H3. The number of fused-ring (bicyclic) bond motifs is 2. The number of rotatable bonds is 8. The summed E-state index contributed by atoms with van der Waals surface area (Å²) in [5, 5.41) is 0. The molecule has 0 fully saturated rings. The van der Waals surface area contributed by atoms with Crippen LogP contribution in [0.4, 0.5) is 0 Å². The molecule has 0 N–H and O–H groups in total. The zero-order chi connectivity index (χ0) is 26.9. The van der Waals surface area contributed by atoms with Gasteiger partial charge in [0.2, 0.25) is 16.8 Å². The third-order valence-electron chi connectivity index (χ3n) is 6.15. The second-order valence-corrected chi connectivity index (χ2v) is 11.9. The van der Waals surface area contributed by atoms with E-state index >= 15 is 0 Å². The quantitative estimate of drug-likeness (QED) is 0.290. The number of hydrogen-bond acceptors (Lipinski definition) is 6. The monoisotopic (exact) mass is 549 g/mol. The third kappa shape index (κ3) is 5.02. The molecule has 4 aromatic rings. The average molecular weight is 550 g/mol. The van der Waals surface area contributed by atoms with Crippen LogP contribution in [0.3, 0.4) is 0 Å². The predicted molar refractivity (Wildman–Crippen MR) is 147 cm³/mol. The number of benzene rings is 3. The Morgan fingerprint density at radius 1 is 1.11 bits per heavy atom. The first-order valence-electron chi connectivity index (χ1n) is 12.1. The van der Waals surface area contributed by atoms with Crippen molar-refractivity contribution in [2.75, 3.05) is 6.79 Å². The third-order valence-corrected chi connectivity index (χ3v) is 9.23. The lowest BCUT2D eigenvalue weighted by molar-refractivity contribution is 0.0997. The van der Waals surface area contributed by atoms with Crippen LogP contribution in [0.1, 0.15) is 29.8 Å². The van der Waals surface area contributed by atoms with Gasteiger partial charge in [-0.1, -0.05) is 47.7 Å². The molecule has 0 unspecified atom stereocenters. The van der Waals surface area contributed by atoms with E-state index in [2.05, 4.69) is 11.6 Å². The molecule has 1 aliphatic heterocycles. The number of nitrogens with zero attached hydrogens (tertiary/aromatic N) is 3. The maximum absolute atomic E-state index is 13.4. The summed E-state index contributed by atoms with van der Waals surface area (Å²) in [5.74, 6) is 0.829. The maximum Gasteiger partial charge on any atom is 0.279 e. The topological polar surface area (TPSA) is 90.2 Å². The van der Waals surface area contributed by atoms with Gasteiger partial charge in [-0.2, -0.15) is 9.30 Å². The van der Waals surface area contributed by atoms with Crippen LogP contribution in [-0.4, -0.2) is 36.0 Å². The van der Waals surface area contributed by atoms with Crippen LogP contribution >= 0.6 is 11.3 Å². The fraction of sp³-hybridized carbons (Fsp3) is 0.214. The lowest BCUT2D eigenvalue weighted by Gasteiger charge is -2.26. The second kappa shape index (κ2) is 10.6. The molecule has 0 saturated carbocycles. The highest BCUT2D eigenvalue weighted by molar-refractivity contribution is 7.89. The molecule has 8 nitrogen and oxygen atoms in total. The summed E-state index contributed by atoms with van der Waals surface area (Å²) >= 11 is 1.36. The van der Waals surface area contributed by atoms with Crippen molar-refractivity contribution >= 4 is 37.5 Å². The fourth-order valence-corrected chi connectivity index (χ4v) is 6.89. The largest absolute Gasteiger partial charge is 0.454 e. The van der Waals surface area contributed by atoms with Crippen molar-refractivity contribution in [1.29, 1.82) is 0 Å².